The monoisotopic (exact) mass is 367 g/mol. The molecule has 4 nitrogen and oxygen atoms in total. The molecule has 2 aromatic rings. The van der Waals surface area contributed by atoms with Crippen LogP contribution in [0.25, 0.3) is 10.2 Å². The van der Waals surface area contributed by atoms with Gasteiger partial charge in [0.15, 0.2) is 4.34 Å². The summed E-state index contributed by atoms with van der Waals surface area (Å²) in [6.07, 6.45) is 7.72. The molecule has 1 unspecified atom stereocenters. The maximum atomic E-state index is 11.0. The molecule has 1 N–H and O–H groups in total. The smallest absolute Gasteiger partial charge is 0.305 e. The lowest BCUT2D eigenvalue weighted by Crippen LogP contribution is -2.00. The van der Waals surface area contributed by atoms with Gasteiger partial charge in [-0.15, -0.1) is 11.3 Å². The van der Waals surface area contributed by atoms with Crippen molar-refractivity contribution in [3.05, 3.63) is 24.3 Å². The fourth-order valence-electron chi connectivity index (χ4n) is 2.47. The molecule has 132 valence electrons. The summed E-state index contributed by atoms with van der Waals surface area (Å²) in [5, 5.41) is 10.1. The molecule has 1 heterocycles. The third-order valence-corrected chi connectivity index (χ3v) is 5.99. The van der Waals surface area contributed by atoms with Crippen LogP contribution in [0.2, 0.25) is 0 Å². The quantitative estimate of drug-likeness (QED) is 0.262. The highest BCUT2D eigenvalue weighted by Gasteiger charge is 2.10. The molecule has 0 radical (unpaired) electrons. The van der Waals surface area contributed by atoms with Gasteiger partial charge in [-0.25, -0.2) is 4.98 Å². The summed E-state index contributed by atoms with van der Waals surface area (Å²) < 4.78 is 6.72. The molecule has 0 saturated heterocycles. The van der Waals surface area contributed by atoms with E-state index in [1.165, 1.54) is 23.6 Å². The third-order valence-electron chi connectivity index (χ3n) is 3.82. The van der Waals surface area contributed by atoms with Gasteiger partial charge in [-0.3, -0.25) is 4.79 Å². The minimum absolute atomic E-state index is 0.120. The second-order valence-electron chi connectivity index (χ2n) is 5.76. The Labute approximate surface area is 151 Å². The van der Waals surface area contributed by atoms with E-state index in [2.05, 4.69) is 15.8 Å². The first kappa shape index (κ1) is 19.2. The van der Waals surface area contributed by atoms with Crippen LogP contribution in [0.3, 0.4) is 0 Å². The highest BCUT2D eigenvalue weighted by molar-refractivity contribution is 8.01. The largest absolute Gasteiger partial charge is 0.469 e. The van der Waals surface area contributed by atoms with E-state index in [9.17, 15) is 9.90 Å². The van der Waals surface area contributed by atoms with Crippen molar-refractivity contribution in [2.24, 2.45) is 0 Å². The predicted molar refractivity (Wildman–Crippen MR) is 100 cm³/mol. The molecule has 1 aromatic carbocycles. The van der Waals surface area contributed by atoms with Gasteiger partial charge in [-0.2, -0.15) is 0 Å². The lowest BCUT2D eigenvalue weighted by Gasteiger charge is -2.07. The number of hydrogen-bond acceptors (Lipinski definition) is 6. The molecule has 0 aliphatic carbocycles. The van der Waals surface area contributed by atoms with E-state index in [0.717, 1.165) is 54.8 Å². The number of esters is 1. The standard InChI is InChI=1S/C18H25NO3S2/c1-22-16(20)12-6-4-2-3-5-7-13-17(21)24-18-19-14-10-8-9-11-15(14)23-18/h8-11,17,21H,2-7,12-13H2,1H3. The summed E-state index contributed by atoms with van der Waals surface area (Å²) in [5.74, 6) is -0.120. The van der Waals surface area contributed by atoms with E-state index >= 15 is 0 Å². The summed E-state index contributed by atoms with van der Waals surface area (Å²) in [5.41, 5.74) is 0.619. The molecule has 2 rings (SSSR count). The molecule has 6 heteroatoms. The summed E-state index contributed by atoms with van der Waals surface area (Å²) in [6.45, 7) is 0. The van der Waals surface area contributed by atoms with Crippen LogP contribution in [-0.2, 0) is 9.53 Å². The Morgan fingerprint density at radius 3 is 2.67 bits per heavy atom. The average Bonchev–Trinajstić information content (AvgIpc) is 2.99. The Balaban J connectivity index is 1.53. The highest BCUT2D eigenvalue weighted by atomic mass is 32.2. The number of carbonyl (C=O) groups is 1. The van der Waals surface area contributed by atoms with E-state index in [1.54, 1.807) is 11.3 Å². The van der Waals surface area contributed by atoms with E-state index in [4.69, 9.17) is 0 Å². The normalized spacial score (nSPS) is 12.4. The number of nitrogens with zero attached hydrogens (tertiary/aromatic N) is 1. The number of fused-ring (bicyclic) bond motifs is 1. The third kappa shape index (κ3) is 6.79. The summed E-state index contributed by atoms with van der Waals surface area (Å²) in [4.78, 5) is 15.5. The SMILES string of the molecule is COC(=O)CCCCCCCCC(O)Sc1nc2ccccc2s1. The lowest BCUT2D eigenvalue weighted by atomic mass is 10.1. The Hall–Kier alpha value is -1.11. The maximum Gasteiger partial charge on any atom is 0.305 e. The van der Waals surface area contributed by atoms with Gasteiger partial charge >= 0.3 is 5.97 Å². The van der Waals surface area contributed by atoms with Crippen LogP contribution in [0.1, 0.15) is 51.4 Å². The zero-order valence-corrected chi connectivity index (χ0v) is 15.7. The second-order valence-corrected chi connectivity index (χ2v) is 8.21. The number of aromatic nitrogens is 1. The number of para-hydroxylation sites is 1. The molecule has 24 heavy (non-hydrogen) atoms. The molecule has 0 spiro atoms. The van der Waals surface area contributed by atoms with Gasteiger partial charge in [0.2, 0.25) is 0 Å². The van der Waals surface area contributed by atoms with E-state index in [-0.39, 0.29) is 11.4 Å². The molecule has 1 aromatic heterocycles. The van der Waals surface area contributed by atoms with Crippen LogP contribution in [0.5, 0.6) is 0 Å². The van der Waals surface area contributed by atoms with E-state index < -0.39 is 0 Å². The Bertz CT molecular complexity index is 597. The van der Waals surface area contributed by atoms with Gasteiger partial charge in [0.1, 0.15) is 5.44 Å². The molecule has 0 amide bonds. The van der Waals surface area contributed by atoms with Gasteiger partial charge < -0.3 is 9.84 Å². The van der Waals surface area contributed by atoms with Gasteiger partial charge in [-0.05, 0) is 31.4 Å². The Morgan fingerprint density at radius 1 is 1.21 bits per heavy atom. The number of thiazole rings is 1. The number of ether oxygens (including phenoxy) is 1. The highest BCUT2D eigenvalue weighted by Crippen LogP contribution is 2.32. The average molecular weight is 368 g/mol. The molecule has 0 aliphatic heterocycles. The number of rotatable bonds is 11. The van der Waals surface area contributed by atoms with Crippen molar-refractivity contribution >= 4 is 39.3 Å². The first-order valence-corrected chi connectivity index (χ1v) is 10.2. The Kier molecular flexibility index (Phi) is 8.56. The molecule has 0 fully saturated rings. The zero-order valence-electron chi connectivity index (χ0n) is 14.1. The van der Waals surface area contributed by atoms with Crippen molar-refractivity contribution in [3.8, 4) is 0 Å². The topological polar surface area (TPSA) is 59.4 Å². The second kappa shape index (κ2) is 10.7. The van der Waals surface area contributed by atoms with Gasteiger partial charge in [-0.1, -0.05) is 49.6 Å². The predicted octanol–water partition coefficient (Wildman–Crippen LogP) is 5.00. The van der Waals surface area contributed by atoms with Gasteiger partial charge in [0, 0.05) is 6.42 Å². The van der Waals surface area contributed by atoms with Crippen LogP contribution >= 0.6 is 23.1 Å². The van der Waals surface area contributed by atoms with Gasteiger partial charge in [0.25, 0.3) is 0 Å². The molecule has 0 saturated carbocycles. The number of thioether (sulfide) groups is 1. The van der Waals surface area contributed by atoms with Crippen LogP contribution < -0.4 is 0 Å². The van der Waals surface area contributed by atoms with Crippen molar-refractivity contribution in [2.75, 3.05) is 7.11 Å². The minimum atomic E-state index is -0.384. The number of aliphatic hydroxyl groups is 1. The molecular weight excluding hydrogens is 342 g/mol. The number of carbonyl (C=O) groups excluding carboxylic acids is 1. The fraction of sp³-hybridized carbons (Fsp3) is 0.556. The van der Waals surface area contributed by atoms with Crippen molar-refractivity contribution in [3.63, 3.8) is 0 Å². The number of benzene rings is 1. The van der Waals surface area contributed by atoms with Crippen molar-refractivity contribution in [1.82, 2.24) is 4.98 Å². The fourth-order valence-corrected chi connectivity index (χ4v) is 4.63. The molecule has 0 aliphatic rings. The maximum absolute atomic E-state index is 11.0. The number of methoxy groups -OCH3 is 1. The van der Waals surface area contributed by atoms with Crippen LogP contribution in [0.4, 0.5) is 0 Å². The van der Waals surface area contributed by atoms with Crippen molar-refractivity contribution in [1.29, 1.82) is 0 Å². The van der Waals surface area contributed by atoms with Gasteiger partial charge in [0.05, 0.1) is 17.3 Å². The van der Waals surface area contributed by atoms with Crippen LogP contribution in [0.15, 0.2) is 28.6 Å². The van der Waals surface area contributed by atoms with Crippen molar-refractivity contribution < 1.29 is 14.6 Å². The number of aliphatic hydroxyl groups excluding tert-OH is 1. The minimum Gasteiger partial charge on any atom is -0.469 e. The summed E-state index contributed by atoms with van der Waals surface area (Å²) >= 11 is 3.10. The van der Waals surface area contributed by atoms with Crippen LogP contribution in [-0.4, -0.2) is 28.6 Å². The lowest BCUT2D eigenvalue weighted by molar-refractivity contribution is -0.140. The van der Waals surface area contributed by atoms with Crippen molar-refractivity contribution in [2.45, 2.75) is 61.1 Å². The van der Waals surface area contributed by atoms with Crippen LogP contribution in [0, 0.1) is 0 Å². The Morgan fingerprint density at radius 2 is 1.92 bits per heavy atom. The molecule has 1 atom stereocenters. The first-order chi connectivity index (χ1) is 11.7. The summed E-state index contributed by atoms with van der Waals surface area (Å²) in [7, 11) is 1.43. The number of unbranched alkanes of at least 4 members (excludes halogenated alkanes) is 5. The summed E-state index contributed by atoms with van der Waals surface area (Å²) in [6, 6.07) is 8.06. The molecular formula is C18H25NO3S2. The molecule has 0 bridgehead atoms. The number of hydrogen-bond donors (Lipinski definition) is 1. The van der Waals surface area contributed by atoms with E-state index in [0.29, 0.717) is 6.42 Å². The first-order valence-electron chi connectivity index (χ1n) is 8.46. The van der Waals surface area contributed by atoms with E-state index in [1.807, 2.05) is 18.2 Å². The zero-order chi connectivity index (χ0) is 17.2.